The van der Waals surface area contributed by atoms with Crippen molar-refractivity contribution < 1.29 is 14.7 Å². The summed E-state index contributed by atoms with van der Waals surface area (Å²) < 4.78 is 0. The molecule has 2 amide bonds. The van der Waals surface area contributed by atoms with Crippen LogP contribution in [0.25, 0.3) is 0 Å². The lowest BCUT2D eigenvalue weighted by Gasteiger charge is -2.37. The number of carbonyl (C=O) groups is 2. The van der Waals surface area contributed by atoms with Crippen molar-refractivity contribution in [2.45, 2.75) is 70.9 Å². The van der Waals surface area contributed by atoms with E-state index in [9.17, 15) is 14.7 Å². The standard InChI is InChI=1S/C16H28N2O3/c1-11-8-9-18(12(2)10-11)16(21)17-14-7-5-3-4-6-13(14)15(19)20/h11-14H,3-10H2,1-2H3,(H,17,21)(H,19,20). The van der Waals surface area contributed by atoms with E-state index >= 15 is 0 Å². The number of urea groups is 1. The van der Waals surface area contributed by atoms with Gasteiger partial charge in [-0.2, -0.15) is 0 Å². The SMILES string of the molecule is CC1CCN(C(=O)NC2CCCCCC2C(=O)O)C(C)C1. The van der Waals surface area contributed by atoms with Crippen LogP contribution in [0.5, 0.6) is 0 Å². The molecule has 1 saturated carbocycles. The van der Waals surface area contributed by atoms with E-state index in [1.54, 1.807) is 0 Å². The Kier molecular flexibility index (Phi) is 5.48. The van der Waals surface area contributed by atoms with Crippen LogP contribution in [0, 0.1) is 11.8 Å². The number of amides is 2. The van der Waals surface area contributed by atoms with Crippen LogP contribution in [0.3, 0.4) is 0 Å². The van der Waals surface area contributed by atoms with Gasteiger partial charge in [0.1, 0.15) is 0 Å². The van der Waals surface area contributed by atoms with Gasteiger partial charge < -0.3 is 15.3 Å². The molecule has 0 spiro atoms. The maximum absolute atomic E-state index is 12.5. The highest BCUT2D eigenvalue weighted by molar-refractivity contribution is 5.77. The van der Waals surface area contributed by atoms with E-state index in [2.05, 4.69) is 19.2 Å². The van der Waals surface area contributed by atoms with Gasteiger partial charge in [-0.3, -0.25) is 4.79 Å². The lowest BCUT2D eigenvalue weighted by Crippen LogP contribution is -2.53. The Morgan fingerprint density at radius 2 is 1.81 bits per heavy atom. The zero-order valence-electron chi connectivity index (χ0n) is 13.2. The molecule has 5 nitrogen and oxygen atoms in total. The van der Waals surface area contributed by atoms with E-state index in [0.717, 1.165) is 45.1 Å². The highest BCUT2D eigenvalue weighted by atomic mass is 16.4. The van der Waals surface area contributed by atoms with Gasteiger partial charge in [-0.25, -0.2) is 4.79 Å². The third kappa shape index (κ3) is 4.11. The van der Waals surface area contributed by atoms with Gasteiger partial charge in [-0.1, -0.05) is 26.2 Å². The van der Waals surface area contributed by atoms with Crippen molar-refractivity contribution in [1.82, 2.24) is 10.2 Å². The van der Waals surface area contributed by atoms with Crippen LogP contribution < -0.4 is 5.32 Å². The van der Waals surface area contributed by atoms with Crippen LogP contribution >= 0.6 is 0 Å². The van der Waals surface area contributed by atoms with Crippen molar-refractivity contribution >= 4 is 12.0 Å². The molecule has 4 unspecified atom stereocenters. The van der Waals surface area contributed by atoms with Gasteiger partial charge in [0.25, 0.3) is 0 Å². The summed E-state index contributed by atoms with van der Waals surface area (Å²) in [6.45, 7) is 5.08. The average molecular weight is 296 g/mol. The topological polar surface area (TPSA) is 69.6 Å². The van der Waals surface area contributed by atoms with E-state index in [0.29, 0.717) is 12.3 Å². The van der Waals surface area contributed by atoms with Crippen LogP contribution in [0.15, 0.2) is 0 Å². The van der Waals surface area contributed by atoms with E-state index in [4.69, 9.17) is 0 Å². The van der Waals surface area contributed by atoms with Crippen molar-refractivity contribution in [2.24, 2.45) is 11.8 Å². The number of aliphatic carboxylic acids is 1. The minimum atomic E-state index is -0.775. The van der Waals surface area contributed by atoms with E-state index in [-0.39, 0.29) is 18.1 Å². The summed E-state index contributed by atoms with van der Waals surface area (Å²) in [4.78, 5) is 25.8. The molecule has 0 aromatic rings. The number of nitrogens with zero attached hydrogens (tertiary/aromatic N) is 1. The molecule has 1 aliphatic heterocycles. The van der Waals surface area contributed by atoms with Gasteiger partial charge in [0, 0.05) is 18.6 Å². The summed E-state index contributed by atoms with van der Waals surface area (Å²) in [5.74, 6) is -0.549. The Hall–Kier alpha value is -1.26. The Balaban J connectivity index is 1.97. The number of likely N-dealkylation sites (tertiary alicyclic amines) is 1. The summed E-state index contributed by atoms with van der Waals surface area (Å²) in [6.07, 6.45) is 6.52. The third-order valence-electron chi connectivity index (χ3n) is 5.04. The summed E-state index contributed by atoms with van der Waals surface area (Å²) in [6, 6.07) is -0.0561. The number of piperidine rings is 1. The van der Waals surface area contributed by atoms with Crippen molar-refractivity contribution in [3.05, 3.63) is 0 Å². The minimum absolute atomic E-state index is 0.0763. The maximum Gasteiger partial charge on any atom is 0.317 e. The number of carboxylic acid groups (broad SMARTS) is 1. The van der Waals surface area contributed by atoms with Crippen LogP contribution in [-0.2, 0) is 4.79 Å². The lowest BCUT2D eigenvalue weighted by atomic mass is 9.93. The van der Waals surface area contributed by atoms with Gasteiger partial charge in [0.15, 0.2) is 0 Å². The molecule has 2 aliphatic rings. The minimum Gasteiger partial charge on any atom is -0.481 e. The van der Waals surface area contributed by atoms with Crippen molar-refractivity contribution in [3.63, 3.8) is 0 Å². The Morgan fingerprint density at radius 1 is 1.10 bits per heavy atom. The van der Waals surface area contributed by atoms with Crippen LogP contribution in [0.1, 0.15) is 58.8 Å². The molecule has 1 aliphatic carbocycles. The predicted molar refractivity (Wildman–Crippen MR) is 81.1 cm³/mol. The number of hydrogen-bond acceptors (Lipinski definition) is 2. The van der Waals surface area contributed by atoms with Gasteiger partial charge in [-0.05, 0) is 38.5 Å². The molecule has 120 valence electrons. The first kappa shape index (κ1) is 16.1. The van der Waals surface area contributed by atoms with Crippen molar-refractivity contribution in [1.29, 1.82) is 0 Å². The molecule has 1 saturated heterocycles. The Morgan fingerprint density at radius 3 is 2.48 bits per heavy atom. The summed E-state index contributed by atoms with van der Waals surface area (Å²) in [5, 5.41) is 12.4. The first-order valence-corrected chi connectivity index (χ1v) is 8.29. The van der Waals surface area contributed by atoms with Crippen LogP contribution in [-0.4, -0.2) is 40.6 Å². The van der Waals surface area contributed by atoms with E-state index in [1.807, 2.05) is 4.90 Å². The molecule has 0 radical (unpaired) electrons. The quantitative estimate of drug-likeness (QED) is 0.770. The molecular weight excluding hydrogens is 268 g/mol. The predicted octanol–water partition coefficient (Wildman–Crippen LogP) is 2.85. The fourth-order valence-corrected chi connectivity index (χ4v) is 3.73. The normalized spacial score (nSPS) is 34.1. The second-order valence-electron chi connectivity index (χ2n) is 6.81. The van der Waals surface area contributed by atoms with Crippen LogP contribution in [0.2, 0.25) is 0 Å². The van der Waals surface area contributed by atoms with Crippen molar-refractivity contribution in [3.8, 4) is 0 Å². The van der Waals surface area contributed by atoms with Crippen LogP contribution in [0.4, 0.5) is 4.79 Å². The molecule has 21 heavy (non-hydrogen) atoms. The van der Waals surface area contributed by atoms with Gasteiger partial charge >= 0.3 is 12.0 Å². The Bertz CT molecular complexity index is 386. The van der Waals surface area contributed by atoms with E-state index in [1.165, 1.54) is 0 Å². The fourth-order valence-electron chi connectivity index (χ4n) is 3.73. The highest BCUT2D eigenvalue weighted by Gasteiger charge is 2.33. The molecule has 2 rings (SSSR count). The largest absolute Gasteiger partial charge is 0.481 e. The van der Waals surface area contributed by atoms with Gasteiger partial charge in [0.2, 0.25) is 0 Å². The van der Waals surface area contributed by atoms with E-state index < -0.39 is 11.9 Å². The second kappa shape index (κ2) is 7.14. The molecule has 0 aromatic carbocycles. The van der Waals surface area contributed by atoms with Crippen molar-refractivity contribution in [2.75, 3.05) is 6.54 Å². The lowest BCUT2D eigenvalue weighted by molar-refractivity contribution is -0.142. The molecule has 5 heteroatoms. The smallest absolute Gasteiger partial charge is 0.317 e. The van der Waals surface area contributed by atoms with Gasteiger partial charge in [0.05, 0.1) is 5.92 Å². The number of carbonyl (C=O) groups excluding carboxylic acids is 1. The monoisotopic (exact) mass is 296 g/mol. The van der Waals surface area contributed by atoms with Gasteiger partial charge in [-0.15, -0.1) is 0 Å². The molecule has 0 bridgehead atoms. The zero-order chi connectivity index (χ0) is 15.4. The molecular formula is C16H28N2O3. The number of nitrogens with one attached hydrogen (secondary N) is 1. The number of carboxylic acids is 1. The second-order valence-corrected chi connectivity index (χ2v) is 6.81. The fraction of sp³-hybridized carbons (Fsp3) is 0.875. The first-order chi connectivity index (χ1) is 9.99. The molecule has 0 aromatic heterocycles. The first-order valence-electron chi connectivity index (χ1n) is 8.29. The molecule has 1 heterocycles. The average Bonchev–Trinajstić information content (AvgIpc) is 2.63. The number of hydrogen-bond donors (Lipinski definition) is 2. The zero-order valence-corrected chi connectivity index (χ0v) is 13.2. The summed E-state index contributed by atoms with van der Waals surface area (Å²) in [7, 11) is 0. The summed E-state index contributed by atoms with van der Waals surface area (Å²) >= 11 is 0. The number of rotatable bonds is 2. The highest BCUT2D eigenvalue weighted by Crippen LogP contribution is 2.26. The molecule has 2 N–H and O–H groups in total. The summed E-state index contributed by atoms with van der Waals surface area (Å²) in [5.41, 5.74) is 0. The third-order valence-corrected chi connectivity index (χ3v) is 5.04. The molecule has 4 atom stereocenters. The Labute approximate surface area is 127 Å². The maximum atomic E-state index is 12.5. The molecule has 2 fully saturated rings.